The summed E-state index contributed by atoms with van der Waals surface area (Å²) in [4.78, 5) is 26.4. The minimum Gasteiger partial charge on any atom is -0.493 e. The number of benzene rings is 2. The Morgan fingerprint density at radius 2 is 1.83 bits per heavy atom. The Morgan fingerprint density at radius 3 is 2.54 bits per heavy atom. The van der Waals surface area contributed by atoms with Crippen LogP contribution in [-0.2, 0) is 4.79 Å². The van der Waals surface area contributed by atoms with E-state index < -0.39 is 0 Å². The molecular weight excluding hydrogens is 346 g/mol. The third-order valence-corrected chi connectivity index (χ3v) is 4.51. The Balaban J connectivity index is 1.93. The molecule has 0 aromatic heterocycles. The first-order valence-corrected chi connectivity index (χ1v) is 8.55. The number of nitrogens with zero attached hydrogens (tertiary/aromatic N) is 1. The van der Waals surface area contributed by atoms with Gasteiger partial charge in [-0.3, -0.25) is 9.59 Å². The predicted molar refractivity (Wildman–Crippen MR) is 97.5 cm³/mol. The Bertz CT molecular complexity index is 817. The van der Waals surface area contributed by atoms with Gasteiger partial charge in [-0.05, 0) is 55.1 Å². The van der Waals surface area contributed by atoms with Crippen LogP contribution in [0, 0.1) is 0 Å². The van der Waals surface area contributed by atoms with Crippen molar-refractivity contribution in [2.45, 2.75) is 6.92 Å². The van der Waals surface area contributed by atoms with Gasteiger partial charge >= 0.3 is 0 Å². The molecule has 2 aromatic rings. The SMILES string of the molecule is CCOc1ccccc1/C=C1/SC(=O)N(c2ccc(Cl)cc2)C1=O. The first kappa shape index (κ1) is 16.6. The summed E-state index contributed by atoms with van der Waals surface area (Å²) in [6.07, 6.45) is 1.69. The van der Waals surface area contributed by atoms with Crippen LogP contribution in [0.4, 0.5) is 10.5 Å². The fourth-order valence-electron chi connectivity index (χ4n) is 2.31. The van der Waals surface area contributed by atoms with Crippen LogP contribution in [0.15, 0.2) is 53.4 Å². The summed E-state index contributed by atoms with van der Waals surface area (Å²) in [5.41, 5.74) is 1.27. The van der Waals surface area contributed by atoms with Gasteiger partial charge in [-0.2, -0.15) is 0 Å². The molecule has 0 spiro atoms. The zero-order chi connectivity index (χ0) is 17.1. The van der Waals surface area contributed by atoms with E-state index in [9.17, 15) is 9.59 Å². The molecule has 3 rings (SSSR count). The number of hydrogen-bond donors (Lipinski definition) is 0. The molecule has 1 aliphatic rings. The third kappa shape index (κ3) is 3.32. The smallest absolute Gasteiger partial charge is 0.298 e. The van der Waals surface area contributed by atoms with Crippen LogP contribution in [0.1, 0.15) is 12.5 Å². The molecule has 1 aliphatic heterocycles. The zero-order valence-corrected chi connectivity index (χ0v) is 14.4. The lowest BCUT2D eigenvalue weighted by Gasteiger charge is -2.12. The molecule has 0 unspecified atom stereocenters. The molecule has 0 atom stereocenters. The highest BCUT2D eigenvalue weighted by Gasteiger charge is 2.36. The molecule has 0 bridgehead atoms. The van der Waals surface area contributed by atoms with Crippen LogP contribution < -0.4 is 9.64 Å². The summed E-state index contributed by atoms with van der Waals surface area (Å²) in [6, 6.07) is 14.0. The van der Waals surface area contributed by atoms with Crippen molar-refractivity contribution in [2.75, 3.05) is 11.5 Å². The monoisotopic (exact) mass is 359 g/mol. The fraction of sp³-hybridized carbons (Fsp3) is 0.111. The van der Waals surface area contributed by atoms with Crippen LogP contribution in [0.5, 0.6) is 5.75 Å². The van der Waals surface area contributed by atoms with Gasteiger partial charge in [-0.1, -0.05) is 29.8 Å². The molecule has 0 saturated carbocycles. The predicted octanol–water partition coefficient (Wildman–Crippen LogP) is 4.98. The average molecular weight is 360 g/mol. The highest BCUT2D eigenvalue weighted by Crippen LogP contribution is 2.37. The van der Waals surface area contributed by atoms with Gasteiger partial charge in [0.1, 0.15) is 5.75 Å². The van der Waals surface area contributed by atoms with Crippen LogP contribution in [-0.4, -0.2) is 17.8 Å². The number of hydrogen-bond acceptors (Lipinski definition) is 4. The molecule has 0 N–H and O–H groups in total. The van der Waals surface area contributed by atoms with E-state index in [1.807, 2.05) is 31.2 Å². The summed E-state index contributed by atoms with van der Waals surface area (Å²) in [6.45, 7) is 2.42. The van der Waals surface area contributed by atoms with E-state index in [4.69, 9.17) is 16.3 Å². The Morgan fingerprint density at radius 1 is 1.12 bits per heavy atom. The molecule has 0 radical (unpaired) electrons. The maximum Gasteiger partial charge on any atom is 0.298 e. The van der Waals surface area contributed by atoms with Crippen molar-refractivity contribution in [1.82, 2.24) is 0 Å². The first-order valence-electron chi connectivity index (χ1n) is 7.35. The van der Waals surface area contributed by atoms with Gasteiger partial charge in [-0.25, -0.2) is 4.90 Å². The maximum atomic E-state index is 12.6. The summed E-state index contributed by atoms with van der Waals surface area (Å²) in [5, 5.41) is 0.217. The molecule has 0 aliphatic carbocycles. The van der Waals surface area contributed by atoms with Crippen LogP contribution >= 0.6 is 23.4 Å². The first-order chi connectivity index (χ1) is 11.6. The Kier molecular flexibility index (Phi) is 4.92. The number of para-hydroxylation sites is 1. The molecule has 24 heavy (non-hydrogen) atoms. The van der Waals surface area contributed by atoms with Crippen LogP contribution in [0.3, 0.4) is 0 Å². The average Bonchev–Trinajstić information content (AvgIpc) is 2.85. The second kappa shape index (κ2) is 7.11. The van der Waals surface area contributed by atoms with Crippen LogP contribution in [0.25, 0.3) is 6.08 Å². The van der Waals surface area contributed by atoms with E-state index >= 15 is 0 Å². The number of imide groups is 1. The van der Waals surface area contributed by atoms with E-state index in [-0.39, 0.29) is 11.1 Å². The Hall–Kier alpha value is -2.24. The topological polar surface area (TPSA) is 46.6 Å². The van der Waals surface area contributed by atoms with Crippen molar-refractivity contribution in [1.29, 1.82) is 0 Å². The summed E-state index contributed by atoms with van der Waals surface area (Å²) >= 11 is 6.77. The van der Waals surface area contributed by atoms with Gasteiger partial charge in [0, 0.05) is 10.6 Å². The van der Waals surface area contributed by atoms with Crippen molar-refractivity contribution >= 4 is 46.3 Å². The van der Waals surface area contributed by atoms with Crippen molar-refractivity contribution in [2.24, 2.45) is 0 Å². The second-order valence-electron chi connectivity index (χ2n) is 4.96. The zero-order valence-electron chi connectivity index (χ0n) is 12.9. The molecule has 6 heteroatoms. The maximum absolute atomic E-state index is 12.6. The molecule has 1 fully saturated rings. The van der Waals surface area contributed by atoms with Crippen molar-refractivity contribution in [3.8, 4) is 5.75 Å². The number of amides is 2. The fourth-order valence-corrected chi connectivity index (χ4v) is 3.27. The highest BCUT2D eigenvalue weighted by molar-refractivity contribution is 8.19. The number of carbonyl (C=O) groups excluding carboxylic acids is 2. The quantitative estimate of drug-likeness (QED) is 0.722. The molecule has 1 heterocycles. The molecular formula is C18H14ClNO3S. The van der Waals surface area contributed by atoms with Gasteiger partial charge in [0.15, 0.2) is 0 Å². The van der Waals surface area contributed by atoms with E-state index in [1.165, 1.54) is 0 Å². The molecule has 2 aromatic carbocycles. The molecule has 4 nitrogen and oxygen atoms in total. The molecule has 2 amide bonds. The number of anilines is 1. The number of halogens is 1. The molecule has 122 valence electrons. The van der Waals surface area contributed by atoms with Crippen molar-refractivity contribution in [3.63, 3.8) is 0 Å². The largest absolute Gasteiger partial charge is 0.493 e. The number of carbonyl (C=O) groups is 2. The number of thioether (sulfide) groups is 1. The standard InChI is InChI=1S/C18H14ClNO3S/c1-2-23-15-6-4-3-5-12(15)11-16-17(21)20(18(22)24-16)14-9-7-13(19)8-10-14/h3-11H,2H2,1H3/b16-11+. The van der Waals surface area contributed by atoms with E-state index in [0.717, 1.165) is 22.2 Å². The lowest BCUT2D eigenvalue weighted by molar-refractivity contribution is -0.113. The van der Waals surface area contributed by atoms with Gasteiger partial charge in [0.2, 0.25) is 0 Å². The third-order valence-electron chi connectivity index (χ3n) is 3.38. The van der Waals surface area contributed by atoms with E-state index in [2.05, 4.69) is 0 Å². The van der Waals surface area contributed by atoms with E-state index in [1.54, 1.807) is 30.3 Å². The van der Waals surface area contributed by atoms with Gasteiger partial charge < -0.3 is 4.74 Å². The van der Waals surface area contributed by atoms with Gasteiger partial charge in [0.25, 0.3) is 11.1 Å². The number of rotatable bonds is 4. The lowest BCUT2D eigenvalue weighted by Crippen LogP contribution is -2.27. The van der Waals surface area contributed by atoms with E-state index in [0.29, 0.717) is 28.0 Å². The van der Waals surface area contributed by atoms with Gasteiger partial charge in [-0.15, -0.1) is 0 Å². The second-order valence-corrected chi connectivity index (χ2v) is 6.39. The summed E-state index contributed by atoms with van der Waals surface area (Å²) in [5.74, 6) is 0.330. The lowest BCUT2D eigenvalue weighted by atomic mass is 10.2. The molecule has 1 saturated heterocycles. The summed E-state index contributed by atoms with van der Waals surface area (Å²) in [7, 11) is 0. The normalized spacial score (nSPS) is 16.1. The highest BCUT2D eigenvalue weighted by atomic mass is 35.5. The van der Waals surface area contributed by atoms with Crippen molar-refractivity contribution in [3.05, 3.63) is 64.0 Å². The number of ether oxygens (including phenoxy) is 1. The van der Waals surface area contributed by atoms with Crippen LogP contribution in [0.2, 0.25) is 5.02 Å². The minimum absolute atomic E-state index is 0.331. The van der Waals surface area contributed by atoms with Gasteiger partial charge in [0.05, 0.1) is 17.2 Å². The summed E-state index contributed by atoms with van der Waals surface area (Å²) < 4.78 is 5.56. The Labute approximate surface area is 149 Å². The minimum atomic E-state index is -0.348. The van der Waals surface area contributed by atoms with Crippen molar-refractivity contribution < 1.29 is 14.3 Å².